The molecule has 3 aromatic rings. The molecule has 0 fully saturated rings. The van der Waals surface area contributed by atoms with Crippen LogP contribution in [0.2, 0.25) is 0 Å². The van der Waals surface area contributed by atoms with Crippen molar-refractivity contribution in [2.24, 2.45) is 12.2 Å². The lowest BCUT2D eigenvalue weighted by Crippen LogP contribution is -2.11. The molecule has 6 nitrogen and oxygen atoms in total. The van der Waals surface area contributed by atoms with E-state index < -0.39 is 15.8 Å². The fourth-order valence-electron chi connectivity index (χ4n) is 2.34. The van der Waals surface area contributed by atoms with Gasteiger partial charge in [-0.3, -0.25) is 4.68 Å². The second-order valence-electron chi connectivity index (χ2n) is 4.85. The third kappa shape index (κ3) is 2.55. The first-order chi connectivity index (χ1) is 9.84. The molecule has 0 atom stereocenters. The molecule has 2 N–H and O–H groups in total. The highest BCUT2D eigenvalue weighted by atomic mass is 32.2. The van der Waals surface area contributed by atoms with E-state index in [1.807, 2.05) is 6.20 Å². The average Bonchev–Trinajstić information content (AvgIpc) is 2.93. The highest BCUT2D eigenvalue weighted by Gasteiger charge is 2.18. The predicted molar refractivity (Wildman–Crippen MR) is 75.6 cm³/mol. The molecule has 0 radical (unpaired) electrons. The second-order valence-corrected chi connectivity index (χ2v) is 6.38. The van der Waals surface area contributed by atoms with Gasteiger partial charge in [0.25, 0.3) is 0 Å². The Morgan fingerprint density at radius 2 is 2.10 bits per heavy atom. The molecule has 0 unspecified atom stereocenters. The number of aryl methyl sites for hydroxylation is 1. The van der Waals surface area contributed by atoms with Crippen molar-refractivity contribution in [2.75, 3.05) is 0 Å². The predicted octanol–water partition coefficient (Wildman–Crippen LogP) is 1.21. The highest BCUT2D eigenvalue weighted by molar-refractivity contribution is 7.89. The Labute approximate surface area is 120 Å². The van der Waals surface area contributed by atoms with E-state index in [2.05, 4.69) is 5.10 Å². The van der Waals surface area contributed by atoms with Crippen LogP contribution in [-0.2, 0) is 23.6 Å². The molecule has 3 rings (SSSR count). The number of aromatic nitrogens is 3. The zero-order valence-corrected chi connectivity index (χ0v) is 12.0. The van der Waals surface area contributed by atoms with Gasteiger partial charge in [0, 0.05) is 35.9 Å². The minimum Gasteiger partial charge on any atom is -0.342 e. The van der Waals surface area contributed by atoms with Crippen LogP contribution in [0.5, 0.6) is 0 Å². The van der Waals surface area contributed by atoms with Gasteiger partial charge in [-0.25, -0.2) is 17.9 Å². The first-order valence-corrected chi connectivity index (χ1v) is 7.68. The Morgan fingerprint density at radius 3 is 2.71 bits per heavy atom. The van der Waals surface area contributed by atoms with Gasteiger partial charge in [-0.15, -0.1) is 0 Å². The Bertz CT molecular complexity index is 927. The Morgan fingerprint density at radius 1 is 1.33 bits per heavy atom. The zero-order chi connectivity index (χ0) is 15.2. The van der Waals surface area contributed by atoms with E-state index >= 15 is 0 Å². The topological polar surface area (TPSA) is 82.9 Å². The molecule has 1 aromatic carbocycles. The smallest absolute Gasteiger partial charge is 0.240 e. The van der Waals surface area contributed by atoms with E-state index in [0.29, 0.717) is 12.1 Å². The molecule has 2 aromatic heterocycles. The lowest BCUT2D eigenvalue weighted by Gasteiger charge is -2.02. The van der Waals surface area contributed by atoms with E-state index in [4.69, 9.17) is 5.14 Å². The van der Waals surface area contributed by atoms with Gasteiger partial charge in [-0.1, -0.05) is 0 Å². The number of rotatable bonds is 3. The van der Waals surface area contributed by atoms with E-state index in [0.717, 1.165) is 5.56 Å². The third-order valence-corrected chi connectivity index (χ3v) is 4.16. The lowest BCUT2D eigenvalue weighted by atomic mass is 10.2. The SMILES string of the molecule is Cn1cc(Cn2cc(S(N)(=O)=O)c3cc(F)ccc32)cn1. The average molecular weight is 308 g/mol. The van der Waals surface area contributed by atoms with E-state index in [1.165, 1.54) is 24.4 Å². The lowest BCUT2D eigenvalue weighted by molar-refractivity contribution is 0.598. The fraction of sp³-hybridized carbons (Fsp3) is 0.154. The highest BCUT2D eigenvalue weighted by Crippen LogP contribution is 2.26. The number of sulfonamides is 1. The number of benzene rings is 1. The number of nitrogens with zero attached hydrogens (tertiary/aromatic N) is 3. The second kappa shape index (κ2) is 4.68. The first-order valence-electron chi connectivity index (χ1n) is 6.13. The van der Waals surface area contributed by atoms with Crippen LogP contribution in [0.3, 0.4) is 0 Å². The van der Waals surface area contributed by atoms with Crippen LogP contribution >= 0.6 is 0 Å². The van der Waals surface area contributed by atoms with Crippen LogP contribution in [0, 0.1) is 5.82 Å². The maximum Gasteiger partial charge on any atom is 0.240 e. The summed E-state index contributed by atoms with van der Waals surface area (Å²) in [6.07, 6.45) is 4.93. The number of hydrogen-bond acceptors (Lipinski definition) is 3. The normalized spacial score (nSPS) is 12.1. The summed E-state index contributed by atoms with van der Waals surface area (Å²) in [7, 11) is -2.13. The summed E-state index contributed by atoms with van der Waals surface area (Å²) in [6.45, 7) is 0.422. The Hall–Kier alpha value is -2.19. The van der Waals surface area contributed by atoms with Gasteiger partial charge in [0.2, 0.25) is 10.0 Å². The largest absolute Gasteiger partial charge is 0.342 e. The Kier molecular flexibility index (Phi) is 3.07. The van der Waals surface area contributed by atoms with Crippen molar-refractivity contribution >= 4 is 20.9 Å². The van der Waals surface area contributed by atoms with Gasteiger partial charge in [0.1, 0.15) is 10.7 Å². The molecule has 0 saturated heterocycles. The summed E-state index contributed by atoms with van der Waals surface area (Å²) in [4.78, 5) is -0.0825. The third-order valence-electron chi connectivity index (χ3n) is 3.22. The van der Waals surface area contributed by atoms with Crippen LogP contribution in [-0.4, -0.2) is 22.8 Å². The van der Waals surface area contributed by atoms with Gasteiger partial charge in [-0.05, 0) is 18.2 Å². The molecule has 0 aliphatic heterocycles. The summed E-state index contributed by atoms with van der Waals surface area (Å²) in [5, 5.41) is 9.55. The molecule has 8 heteroatoms. The van der Waals surface area contributed by atoms with Crippen LogP contribution < -0.4 is 5.14 Å². The van der Waals surface area contributed by atoms with Crippen LogP contribution in [0.1, 0.15) is 5.56 Å². The number of nitrogens with two attached hydrogens (primary N) is 1. The Balaban J connectivity index is 2.19. The molecule has 0 bridgehead atoms. The molecule has 0 saturated carbocycles. The fourth-order valence-corrected chi connectivity index (χ4v) is 3.09. The molecule has 0 spiro atoms. The van der Waals surface area contributed by atoms with Crippen molar-refractivity contribution in [1.82, 2.24) is 14.3 Å². The van der Waals surface area contributed by atoms with Gasteiger partial charge >= 0.3 is 0 Å². The summed E-state index contributed by atoms with van der Waals surface area (Å²) >= 11 is 0. The van der Waals surface area contributed by atoms with Crippen LogP contribution in [0.15, 0.2) is 41.7 Å². The number of fused-ring (bicyclic) bond motifs is 1. The molecule has 0 aliphatic rings. The molecule has 0 amide bonds. The van der Waals surface area contributed by atoms with Crippen molar-refractivity contribution in [3.63, 3.8) is 0 Å². The molecule has 2 heterocycles. The van der Waals surface area contributed by atoms with E-state index in [-0.39, 0.29) is 10.3 Å². The van der Waals surface area contributed by atoms with E-state index in [1.54, 1.807) is 22.5 Å². The quantitative estimate of drug-likeness (QED) is 0.789. The first kappa shape index (κ1) is 13.8. The van der Waals surface area contributed by atoms with E-state index in [9.17, 15) is 12.8 Å². The summed E-state index contributed by atoms with van der Waals surface area (Å²) in [5.74, 6) is -0.508. The molecule has 0 aliphatic carbocycles. The molecule has 110 valence electrons. The van der Waals surface area contributed by atoms with Crippen LogP contribution in [0.25, 0.3) is 10.9 Å². The van der Waals surface area contributed by atoms with Crippen molar-refractivity contribution in [3.8, 4) is 0 Å². The summed E-state index contributed by atoms with van der Waals surface area (Å²) in [6, 6.07) is 4.00. The van der Waals surface area contributed by atoms with Crippen molar-refractivity contribution in [2.45, 2.75) is 11.4 Å². The standard InChI is InChI=1S/C13H13FN4O2S/c1-17-6-9(5-16-17)7-18-8-13(21(15,19)20)11-4-10(14)2-3-12(11)18/h2-6,8H,7H2,1H3,(H2,15,19,20). The van der Waals surface area contributed by atoms with Gasteiger partial charge in [0.15, 0.2) is 0 Å². The van der Waals surface area contributed by atoms with Gasteiger partial charge < -0.3 is 4.57 Å². The summed E-state index contributed by atoms with van der Waals surface area (Å²) in [5.41, 5.74) is 1.50. The minimum atomic E-state index is -3.92. The number of primary sulfonamides is 1. The summed E-state index contributed by atoms with van der Waals surface area (Å²) < 4.78 is 40.1. The van der Waals surface area contributed by atoms with Gasteiger partial charge in [-0.2, -0.15) is 5.10 Å². The molecule has 21 heavy (non-hydrogen) atoms. The van der Waals surface area contributed by atoms with Crippen molar-refractivity contribution in [1.29, 1.82) is 0 Å². The van der Waals surface area contributed by atoms with Crippen molar-refractivity contribution < 1.29 is 12.8 Å². The minimum absolute atomic E-state index is 0.0825. The molecular formula is C13H13FN4O2S. The van der Waals surface area contributed by atoms with Crippen molar-refractivity contribution in [3.05, 3.63) is 48.2 Å². The zero-order valence-electron chi connectivity index (χ0n) is 11.2. The monoisotopic (exact) mass is 308 g/mol. The maximum atomic E-state index is 13.4. The van der Waals surface area contributed by atoms with Crippen LogP contribution in [0.4, 0.5) is 4.39 Å². The number of hydrogen-bond donors (Lipinski definition) is 1. The van der Waals surface area contributed by atoms with Gasteiger partial charge in [0.05, 0.1) is 12.7 Å². The number of halogens is 1. The molecular weight excluding hydrogens is 295 g/mol. The maximum absolute atomic E-state index is 13.4.